The van der Waals surface area contributed by atoms with E-state index in [0.717, 1.165) is 12.2 Å². The first kappa shape index (κ1) is 6.81. The molecule has 0 spiro atoms. The molecule has 0 unspecified atom stereocenters. The van der Waals surface area contributed by atoms with Crippen molar-refractivity contribution in [1.29, 1.82) is 5.26 Å². The Morgan fingerprint density at radius 2 is 2.70 bits per heavy atom. The van der Waals surface area contributed by atoms with Gasteiger partial charge in [-0.05, 0) is 6.08 Å². The van der Waals surface area contributed by atoms with Crippen LogP contribution in [0, 0.1) is 11.3 Å². The number of likely N-dealkylation sites (N-methyl/N-ethyl adjacent to an activating group) is 1. The largest absolute Gasteiger partial charge is 0.362 e. The lowest BCUT2D eigenvalue weighted by molar-refractivity contribution is 0.569. The van der Waals surface area contributed by atoms with E-state index in [2.05, 4.69) is 11.1 Å². The third-order valence-electron chi connectivity index (χ3n) is 1.30. The second-order valence-corrected chi connectivity index (χ2v) is 2.21. The lowest BCUT2D eigenvalue weighted by Crippen LogP contribution is -2.18. The first-order chi connectivity index (χ1) is 4.83. The smallest absolute Gasteiger partial charge is 0.0908 e. The normalized spacial score (nSPS) is 16.4. The van der Waals surface area contributed by atoms with Gasteiger partial charge in [0.25, 0.3) is 0 Å². The van der Waals surface area contributed by atoms with Crippen LogP contribution in [0.25, 0.3) is 0 Å². The van der Waals surface area contributed by atoms with Crippen molar-refractivity contribution >= 4 is 6.34 Å². The molecule has 0 bridgehead atoms. The SMILES string of the molecule is CN1C=NC(CC#N)=CC1. The molecule has 1 heterocycles. The van der Waals surface area contributed by atoms with Gasteiger partial charge in [0.1, 0.15) is 0 Å². The summed E-state index contributed by atoms with van der Waals surface area (Å²) in [5.41, 5.74) is 0.876. The second-order valence-electron chi connectivity index (χ2n) is 2.21. The first-order valence-electron chi connectivity index (χ1n) is 3.13. The fourth-order valence-corrected chi connectivity index (χ4v) is 0.721. The Kier molecular flexibility index (Phi) is 2.06. The summed E-state index contributed by atoms with van der Waals surface area (Å²) in [6.07, 6.45) is 4.13. The predicted octanol–water partition coefficient (Wildman–Crippen LogP) is 0.758. The molecule has 3 heteroatoms. The molecule has 0 radical (unpaired) electrons. The highest BCUT2D eigenvalue weighted by Gasteiger charge is 1.99. The maximum atomic E-state index is 8.31. The van der Waals surface area contributed by atoms with Crippen LogP contribution in [0.2, 0.25) is 0 Å². The molecule has 0 aromatic carbocycles. The van der Waals surface area contributed by atoms with E-state index < -0.39 is 0 Å². The predicted molar refractivity (Wildman–Crippen MR) is 39.4 cm³/mol. The van der Waals surface area contributed by atoms with Crippen molar-refractivity contribution in [1.82, 2.24) is 4.90 Å². The average Bonchev–Trinajstić information content (AvgIpc) is 1.95. The van der Waals surface area contributed by atoms with Crippen LogP contribution in [0.5, 0.6) is 0 Å². The van der Waals surface area contributed by atoms with Crippen LogP contribution in [0.4, 0.5) is 0 Å². The van der Waals surface area contributed by atoms with Gasteiger partial charge in [-0.3, -0.25) is 0 Å². The van der Waals surface area contributed by atoms with E-state index in [0.29, 0.717) is 6.42 Å². The summed E-state index contributed by atoms with van der Waals surface area (Å²) < 4.78 is 0. The van der Waals surface area contributed by atoms with Crippen LogP contribution in [0.1, 0.15) is 6.42 Å². The molecule has 0 amide bonds. The van der Waals surface area contributed by atoms with E-state index >= 15 is 0 Å². The van der Waals surface area contributed by atoms with E-state index in [1.54, 1.807) is 6.34 Å². The van der Waals surface area contributed by atoms with Crippen molar-refractivity contribution in [3.8, 4) is 6.07 Å². The molecular weight excluding hydrogens is 126 g/mol. The number of hydrogen-bond acceptors (Lipinski definition) is 3. The molecule has 1 aliphatic rings. The van der Waals surface area contributed by atoms with Crippen LogP contribution in [-0.2, 0) is 0 Å². The van der Waals surface area contributed by atoms with Gasteiger partial charge in [-0.25, -0.2) is 4.99 Å². The molecular formula is C7H9N3. The third-order valence-corrected chi connectivity index (χ3v) is 1.30. The van der Waals surface area contributed by atoms with Gasteiger partial charge in [-0.1, -0.05) is 0 Å². The van der Waals surface area contributed by atoms with Gasteiger partial charge in [0.05, 0.1) is 24.5 Å². The van der Waals surface area contributed by atoms with Gasteiger partial charge in [-0.2, -0.15) is 5.26 Å². The number of nitrogens with zero attached hydrogens (tertiary/aromatic N) is 3. The van der Waals surface area contributed by atoms with Crippen molar-refractivity contribution in [2.24, 2.45) is 4.99 Å². The summed E-state index contributed by atoms with van der Waals surface area (Å²) in [5.74, 6) is 0. The Labute approximate surface area is 60.3 Å². The summed E-state index contributed by atoms with van der Waals surface area (Å²) in [7, 11) is 1.95. The quantitative estimate of drug-likeness (QED) is 0.532. The minimum Gasteiger partial charge on any atom is -0.362 e. The molecule has 0 atom stereocenters. The molecule has 0 fully saturated rings. The Balaban J connectivity index is 2.52. The summed E-state index contributed by atoms with van der Waals surface area (Å²) in [5, 5.41) is 8.31. The van der Waals surface area contributed by atoms with E-state index in [4.69, 9.17) is 5.26 Å². The number of rotatable bonds is 1. The van der Waals surface area contributed by atoms with Crippen LogP contribution >= 0.6 is 0 Å². The summed E-state index contributed by atoms with van der Waals surface area (Å²) in [4.78, 5) is 6.00. The first-order valence-corrected chi connectivity index (χ1v) is 3.13. The van der Waals surface area contributed by atoms with Crippen molar-refractivity contribution in [3.05, 3.63) is 11.8 Å². The maximum absolute atomic E-state index is 8.31. The molecule has 0 aromatic heterocycles. The van der Waals surface area contributed by atoms with Crippen molar-refractivity contribution < 1.29 is 0 Å². The molecule has 0 aliphatic carbocycles. The Hall–Kier alpha value is -1.30. The molecule has 3 nitrogen and oxygen atoms in total. The molecule has 0 N–H and O–H groups in total. The van der Waals surface area contributed by atoms with Crippen LogP contribution in [0.3, 0.4) is 0 Å². The number of allylic oxidation sites excluding steroid dienone is 1. The molecule has 10 heavy (non-hydrogen) atoms. The van der Waals surface area contributed by atoms with Gasteiger partial charge >= 0.3 is 0 Å². The van der Waals surface area contributed by atoms with Crippen molar-refractivity contribution in [3.63, 3.8) is 0 Å². The van der Waals surface area contributed by atoms with Gasteiger partial charge in [0, 0.05) is 13.6 Å². The van der Waals surface area contributed by atoms with E-state index in [9.17, 15) is 0 Å². The monoisotopic (exact) mass is 135 g/mol. The molecule has 52 valence electrons. The van der Waals surface area contributed by atoms with Gasteiger partial charge in [-0.15, -0.1) is 0 Å². The highest BCUT2D eigenvalue weighted by Crippen LogP contribution is 2.05. The Morgan fingerprint density at radius 1 is 1.90 bits per heavy atom. The maximum Gasteiger partial charge on any atom is 0.0908 e. The molecule has 0 saturated heterocycles. The summed E-state index contributed by atoms with van der Waals surface area (Å²) >= 11 is 0. The fraction of sp³-hybridized carbons (Fsp3) is 0.429. The zero-order valence-corrected chi connectivity index (χ0v) is 5.91. The van der Waals surface area contributed by atoms with E-state index in [-0.39, 0.29) is 0 Å². The summed E-state index contributed by atoms with van der Waals surface area (Å²) in [6.45, 7) is 0.862. The highest BCUT2D eigenvalue weighted by atomic mass is 15.1. The number of nitriles is 1. The zero-order chi connectivity index (χ0) is 7.40. The minimum absolute atomic E-state index is 0.421. The average molecular weight is 135 g/mol. The zero-order valence-electron chi connectivity index (χ0n) is 5.91. The van der Waals surface area contributed by atoms with Crippen LogP contribution in [-0.4, -0.2) is 24.8 Å². The second kappa shape index (κ2) is 3.02. The number of aliphatic imine (C=N–C) groups is 1. The molecule has 0 saturated carbocycles. The van der Waals surface area contributed by atoms with Gasteiger partial charge < -0.3 is 4.90 Å². The van der Waals surface area contributed by atoms with Gasteiger partial charge in [0.2, 0.25) is 0 Å². The fourth-order valence-electron chi connectivity index (χ4n) is 0.721. The molecule has 1 aliphatic heterocycles. The lowest BCUT2D eigenvalue weighted by Gasteiger charge is -2.14. The minimum atomic E-state index is 0.421. The third kappa shape index (κ3) is 1.59. The Bertz CT molecular complexity index is 209. The van der Waals surface area contributed by atoms with Crippen LogP contribution < -0.4 is 0 Å². The summed E-state index contributed by atoms with van der Waals surface area (Å²) in [6, 6.07) is 2.05. The van der Waals surface area contributed by atoms with E-state index in [1.807, 2.05) is 18.0 Å². The Morgan fingerprint density at radius 3 is 3.20 bits per heavy atom. The van der Waals surface area contributed by atoms with Gasteiger partial charge in [0.15, 0.2) is 0 Å². The number of hydrogen-bond donors (Lipinski definition) is 0. The van der Waals surface area contributed by atoms with Crippen molar-refractivity contribution in [2.75, 3.05) is 13.6 Å². The van der Waals surface area contributed by atoms with Crippen LogP contribution in [0.15, 0.2) is 16.8 Å². The molecule has 1 rings (SSSR count). The topological polar surface area (TPSA) is 39.4 Å². The lowest BCUT2D eigenvalue weighted by atomic mass is 10.3. The highest BCUT2D eigenvalue weighted by molar-refractivity contribution is 5.58. The standard InChI is InChI=1S/C7H9N3/c1-10-5-3-7(2-4-8)9-6-10/h3,6H,2,5H2,1H3. The van der Waals surface area contributed by atoms with E-state index in [1.165, 1.54) is 0 Å². The van der Waals surface area contributed by atoms with Crippen molar-refractivity contribution in [2.45, 2.75) is 6.42 Å². The molecule has 0 aromatic rings.